The topological polar surface area (TPSA) is 60.2 Å². The molecule has 0 aliphatic heterocycles. The zero-order valence-corrected chi connectivity index (χ0v) is 18.3. The fourth-order valence-electron chi connectivity index (χ4n) is 4.37. The third-order valence-corrected chi connectivity index (χ3v) is 6.12. The highest BCUT2D eigenvalue weighted by Crippen LogP contribution is 2.41. The number of carbonyl (C=O) groups excluding carboxylic acids is 2. The van der Waals surface area contributed by atoms with Crippen LogP contribution in [0.4, 0.5) is 4.39 Å². The third kappa shape index (κ3) is 6.36. The van der Waals surface area contributed by atoms with Crippen LogP contribution in [0.5, 0.6) is 0 Å². The van der Waals surface area contributed by atoms with E-state index in [1.54, 1.807) is 12.1 Å². The van der Waals surface area contributed by atoms with E-state index in [1.807, 2.05) is 36.4 Å². The Hall–Kier alpha value is -3.27. The number of nitrogens with two attached hydrogens (primary N) is 1. The average Bonchev–Trinajstić information content (AvgIpc) is 2.82. The molecule has 0 radical (unpaired) electrons. The fourth-order valence-corrected chi connectivity index (χ4v) is 4.37. The van der Waals surface area contributed by atoms with E-state index < -0.39 is 0 Å². The zero-order valence-electron chi connectivity index (χ0n) is 18.3. The van der Waals surface area contributed by atoms with E-state index in [1.165, 1.54) is 12.1 Å². The number of rotatable bonds is 12. The van der Waals surface area contributed by atoms with Gasteiger partial charge >= 0.3 is 0 Å². The monoisotopic (exact) mass is 431 g/mol. The van der Waals surface area contributed by atoms with Gasteiger partial charge in [-0.15, -0.1) is 0 Å². The Labute approximate surface area is 189 Å². The quantitative estimate of drug-likeness (QED) is 0.397. The van der Waals surface area contributed by atoms with Gasteiger partial charge in [-0.05, 0) is 54.5 Å². The molecule has 3 aromatic carbocycles. The summed E-state index contributed by atoms with van der Waals surface area (Å²) in [6.45, 7) is 0. The maximum atomic E-state index is 13.1. The molecule has 0 atom stereocenters. The Morgan fingerprint density at radius 2 is 1.28 bits per heavy atom. The maximum Gasteiger partial charge on any atom is 0.217 e. The van der Waals surface area contributed by atoms with Crippen molar-refractivity contribution >= 4 is 11.7 Å². The molecule has 4 heteroatoms. The minimum Gasteiger partial charge on any atom is -0.370 e. The Morgan fingerprint density at radius 1 is 0.719 bits per heavy atom. The number of benzene rings is 3. The van der Waals surface area contributed by atoms with Crippen LogP contribution in [0.25, 0.3) is 0 Å². The smallest absolute Gasteiger partial charge is 0.217 e. The molecule has 0 aromatic heterocycles. The molecule has 3 rings (SSSR count). The van der Waals surface area contributed by atoms with E-state index in [-0.39, 0.29) is 29.3 Å². The molecule has 2 N–H and O–H groups in total. The standard InChI is InChI=1S/C28H30FNO2/c29-25-16-13-22(14-17-25)15-18-26(31)12-7-20-28(21-19-27(30)32,23-8-3-1-4-9-23)24-10-5-2-6-11-24/h1-6,8-11,13-14,16-17H,7,12,15,18-21H2,(H2,30,32). The van der Waals surface area contributed by atoms with Crippen molar-refractivity contribution in [1.29, 1.82) is 0 Å². The number of carbonyl (C=O) groups is 2. The average molecular weight is 432 g/mol. The first-order chi connectivity index (χ1) is 15.5. The lowest BCUT2D eigenvalue weighted by atomic mass is 9.68. The van der Waals surface area contributed by atoms with Crippen LogP contribution in [0.3, 0.4) is 0 Å². The van der Waals surface area contributed by atoms with Crippen molar-refractivity contribution in [1.82, 2.24) is 0 Å². The summed E-state index contributed by atoms with van der Waals surface area (Å²) in [5, 5.41) is 0. The predicted octanol–water partition coefficient (Wildman–Crippen LogP) is 5.75. The summed E-state index contributed by atoms with van der Waals surface area (Å²) < 4.78 is 13.1. The van der Waals surface area contributed by atoms with Crippen molar-refractivity contribution in [2.45, 2.75) is 50.4 Å². The second-order valence-electron chi connectivity index (χ2n) is 8.30. The molecule has 1 amide bonds. The van der Waals surface area contributed by atoms with Gasteiger partial charge in [-0.25, -0.2) is 4.39 Å². The van der Waals surface area contributed by atoms with Crippen molar-refractivity contribution in [2.24, 2.45) is 5.73 Å². The molecule has 0 fully saturated rings. The Kier molecular flexibility index (Phi) is 8.32. The van der Waals surface area contributed by atoms with E-state index in [9.17, 15) is 14.0 Å². The number of amides is 1. The minimum absolute atomic E-state index is 0.194. The molecular weight excluding hydrogens is 401 g/mol. The van der Waals surface area contributed by atoms with E-state index in [4.69, 9.17) is 5.73 Å². The number of primary amides is 1. The van der Waals surface area contributed by atoms with Crippen molar-refractivity contribution in [3.63, 3.8) is 0 Å². The molecule has 0 aliphatic rings. The van der Waals surface area contributed by atoms with Crippen molar-refractivity contribution in [2.75, 3.05) is 0 Å². The normalized spacial score (nSPS) is 11.3. The van der Waals surface area contributed by atoms with Gasteiger partial charge in [0.15, 0.2) is 0 Å². The number of halogens is 1. The molecule has 0 bridgehead atoms. The van der Waals surface area contributed by atoms with E-state index in [0.717, 1.165) is 23.1 Å². The molecular formula is C28H30FNO2. The minimum atomic E-state index is -0.380. The van der Waals surface area contributed by atoms with Crippen LogP contribution in [0, 0.1) is 5.82 Å². The van der Waals surface area contributed by atoms with Gasteiger partial charge in [0.1, 0.15) is 11.6 Å². The van der Waals surface area contributed by atoms with E-state index in [0.29, 0.717) is 32.1 Å². The zero-order chi connectivity index (χ0) is 22.8. The highest BCUT2D eigenvalue weighted by Gasteiger charge is 2.34. The Balaban J connectivity index is 1.72. The second-order valence-corrected chi connectivity index (χ2v) is 8.30. The molecule has 0 saturated heterocycles. The molecule has 3 nitrogen and oxygen atoms in total. The Bertz CT molecular complexity index is 961. The summed E-state index contributed by atoms with van der Waals surface area (Å²) in [6, 6.07) is 26.6. The second kappa shape index (κ2) is 11.4. The van der Waals surface area contributed by atoms with Gasteiger partial charge in [0.2, 0.25) is 5.91 Å². The van der Waals surface area contributed by atoms with Gasteiger partial charge in [0.05, 0.1) is 0 Å². The first-order valence-corrected chi connectivity index (χ1v) is 11.1. The van der Waals surface area contributed by atoms with Crippen molar-refractivity contribution in [3.8, 4) is 0 Å². The SMILES string of the molecule is NC(=O)CCC(CCCC(=O)CCc1ccc(F)cc1)(c1ccccc1)c1ccccc1. The first-order valence-electron chi connectivity index (χ1n) is 11.1. The first kappa shape index (κ1) is 23.4. The summed E-state index contributed by atoms with van der Waals surface area (Å²) in [7, 11) is 0. The predicted molar refractivity (Wildman–Crippen MR) is 126 cm³/mol. The van der Waals surface area contributed by atoms with Gasteiger partial charge in [-0.3, -0.25) is 9.59 Å². The maximum absolute atomic E-state index is 13.1. The lowest BCUT2D eigenvalue weighted by molar-refractivity contribution is -0.120. The highest BCUT2D eigenvalue weighted by atomic mass is 19.1. The van der Waals surface area contributed by atoms with Crippen LogP contribution in [-0.2, 0) is 21.4 Å². The largest absolute Gasteiger partial charge is 0.370 e. The summed E-state index contributed by atoms with van der Waals surface area (Å²) in [5.41, 5.74) is 8.36. The van der Waals surface area contributed by atoms with E-state index in [2.05, 4.69) is 24.3 Å². The number of aryl methyl sites for hydroxylation is 1. The number of hydrogen-bond donors (Lipinski definition) is 1. The van der Waals surface area contributed by atoms with Crippen LogP contribution in [0.1, 0.15) is 55.2 Å². The number of Topliss-reactive ketones (excluding diaryl/α,β-unsaturated/α-hetero) is 1. The Morgan fingerprint density at radius 3 is 1.81 bits per heavy atom. The van der Waals surface area contributed by atoms with Crippen molar-refractivity contribution < 1.29 is 14.0 Å². The molecule has 3 aromatic rings. The summed E-state index contributed by atoms with van der Waals surface area (Å²) in [4.78, 5) is 24.2. The lowest BCUT2D eigenvalue weighted by Crippen LogP contribution is -2.30. The van der Waals surface area contributed by atoms with Crippen LogP contribution < -0.4 is 5.73 Å². The molecule has 0 spiro atoms. The van der Waals surface area contributed by atoms with Crippen LogP contribution >= 0.6 is 0 Å². The van der Waals surface area contributed by atoms with Crippen LogP contribution in [0.2, 0.25) is 0 Å². The van der Waals surface area contributed by atoms with Gasteiger partial charge in [0.25, 0.3) is 0 Å². The van der Waals surface area contributed by atoms with Crippen molar-refractivity contribution in [3.05, 3.63) is 107 Å². The third-order valence-electron chi connectivity index (χ3n) is 6.12. The molecule has 0 saturated carbocycles. The molecule has 166 valence electrons. The van der Waals surface area contributed by atoms with Crippen LogP contribution in [0.15, 0.2) is 84.9 Å². The lowest BCUT2D eigenvalue weighted by Gasteiger charge is -2.35. The fraction of sp³-hybridized carbons (Fsp3) is 0.286. The molecule has 0 heterocycles. The van der Waals surface area contributed by atoms with Gasteiger partial charge in [0, 0.05) is 24.7 Å². The van der Waals surface area contributed by atoms with Gasteiger partial charge in [-0.2, -0.15) is 0 Å². The summed E-state index contributed by atoms with van der Waals surface area (Å²) >= 11 is 0. The molecule has 0 aliphatic carbocycles. The van der Waals surface area contributed by atoms with E-state index >= 15 is 0 Å². The van der Waals surface area contributed by atoms with Gasteiger partial charge in [-0.1, -0.05) is 72.8 Å². The number of ketones is 1. The highest BCUT2D eigenvalue weighted by molar-refractivity contribution is 5.78. The van der Waals surface area contributed by atoms with Crippen LogP contribution in [-0.4, -0.2) is 11.7 Å². The molecule has 32 heavy (non-hydrogen) atoms. The number of hydrogen-bond acceptors (Lipinski definition) is 2. The molecule has 0 unspecified atom stereocenters. The van der Waals surface area contributed by atoms with Gasteiger partial charge < -0.3 is 5.73 Å². The summed E-state index contributed by atoms with van der Waals surface area (Å²) in [5.74, 6) is -0.398. The summed E-state index contributed by atoms with van der Waals surface area (Å²) in [6.07, 6.45) is 3.86.